The molecule has 16 heavy (non-hydrogen) atoms. The molecule has 0 saturated heterocycles. The zero-order chi connectivity index (χ0) is 12.0. The molecule has 5 heteroatoms. The topological polar surface area (TPSA) is 50.9 Å². The van der Waals surface area contributed by atoms with E-state index in [2.05, 4.69) is 23.5 Å². The van der Waals surface area contributed by atoms with Gasteiger partial charge in [0.25, 0.3) is 0 Å². The molecule has 0 aliphatic carbocycles. The van der Waals surface area contributed by atoms with E-state index in [0.29, 0.717) is 15.9 Å². The van der Waals surface area contributed by atoms with Crippen LogP contribution in [0.25, 0.3) is 0 Å². The molecule has 0 radical (unpaired) electrons. The number of nitrogens with zero attached hydrogens (tertiary/aromatic N) is 1. The van der Waals surface area contributed by atoms with Gasteiger partial charge in [-0.2, -0.15) is 11.8 Å². The van der Waals surface area contributed by atoms with Gasteiger partial charge < -0.3 is 11.1 Å². The van der Waals surface area contributed by atoms with Gasteiger partial charge in [-0.05, 0) is 24.8 Å². The largest absolute Gasteiger partial charge is 0.388 e. The van der Waals surface area contributed by atoms with Gasteiger partial charge in [0.2, 0.25) is 0 Å². The van der Waals surface area contributed by atoms with Gasteiger partial charge in [0.15, 0.2) is 0 Å². The summed E-state index contributed by atoms with van der Waals surface area (Å²) in [6.45, 7) is 3.17. The first-order valence-electron chi connectivity index (χ1n) is 5.16. The standard InChI is InChI=1S/C11H17N3S2/c1-8(16-2)3-5-13-9-4-6-14-10(7-9)11(12)15/h4,6-8H,3,5H2,1-2H3,(H2,12,15)(H,13,14). The second-order valence-electron chi connectivity index (χ2n) is 3.56. The van der Waals surface area contributed by atoms with E-state index in [1.165, 1.54) is 0 Å². The Balaban J connectivity index is 2.48. The van der Waals surface area contributed by atoms with Crippen molar-refractivity contribution in [2.45, 2.75) is 18.6 Å². The second kappa shape index (κ2) is 6.70. The van der Waals surface area contributed by atoms with Crippen LogP contribution in [0.4, 0.5) is 5.69 Å². The van der Waals surface area contributed by atoms with E-state index in [1.807, 2.05) is 23.9 Å². The van der Waals surface area contributed by atoms with Crippen molar-refractivity contribution >= 4 is 34.7 Å². The molecule has 1 heterocycles. The highest BCUT2D eigenvalue weighted by Gasteiger charge is 2.01. The Bertz CT molecular complexity index is 355. The fraction of sp³-hybridized carbons (Fsp3) is 0.455. The number of nitrogens with one attached hydrogen (secondary N) is 1. The fourth-order valence-electron chi connectivity index (χ4n) is 1.21. The molecule has 3 nitrogen and oxygen atoms in total. The molecule has 0 aliphatic rings. The summed E-state index contributed by atoms with van der Waals surface area (Å²) in [6, 6.07) is 3.80. The first kappa shape index (κ1) is 13.3. The lowest BCUT2D eigenvalue weighted by Gasteiger charge is -2.10. The Labute approximate surface area is 106 Å². The molecule has 3 N–H and O–H groups in total. The average molecular weight is 255 g/mol. The molecule has 0 fully saturated rings. The monoisotopic (exact) mass is 255 g/mol. The highest BCUT2D eigenvalue weighted by atomic mass is 32.2. The molecule has 0 bridgehead atoms. The van der Waals surface area contributed by atoms with Gasteiger partial charge in [-0.3, -0.25) is 4.98 Å². The van der Waals surface area contributed by atoms with E-state index in [1.54, 1.807) is 6.20 Å². The maximum absolute atomic E-state index is 5.52. The molecular weight excluding hydrogens is 238 g/mol. The SMILES string of the molecule is CSC(C)CCNc1ccnc(C(N)=S)c1. The van der Waals surface area contributed by atoms with Crippen LogP contribution in [0, 0.1) is 0 Å². The maximum atomic E-state index is 5.52. The molecule has 1 aromatic heterocycles. The third kappa shape index (κ3) is 4.37. The number of hydrogen-bond donors (Lipinski definition) is 2. The normalized spacial score (nSPS) is 12.1. The minimum Gasteiger partial charge on any atom is -0.388 e. The third-order valence-electron chi connectivity index (χ3n) is 2.29. The van der Waals surface area contributed by atoms with E-state index in [4.69, 9.17) is 18.0 Å². The molecule has 0 aromatic carbocycles. The minimum absolute atomic E-state index is 0.334. The number of thiocarbonyl (C=S) groups is 1. The molecule has 0 spiro atoms. The number of pyridine rings is 1. The first-order valence-corrected chi connectivity index (χ1v) is 6.85. The number of nitrogens with two attached hydrogens (primary N) is 1. The zero-order valence-corrected chi connectivity index (χ0v) is 11.2. The van der Waals surface area contributed by atoms with Gasteiger partial charge in [0.1, 0.15) is 4.99 Å². The fourth-order valence-corrected chi connectivity index (χ4v) is 1.68. The number of aromatic nitrogens is 1. The lowest BCUT2D eigenvalue weighted by Crippen LogP contribution is -2.13. The smallest absolute Gasteiger partial charge is 0.122 e. The number of thioether (sulfide) groups is 1. The molecule has 88 valence electrons. The van der Waals surface area contributed by atoms with Crippen molar-refractivity contribution in [1.82, 2.24) is 4.98 Å². The molecule has 0 saturated carbocycles. The summed E-state index contributed by atoms with van der Waals surface area (Å²) >= 11 is 6.75. The Kier molecular flexibility index (Phi) is 5.55. The highest BCUT2D eigenvalue weighted by Crippen LogP contribution is 2.11. The molecule has 0 aliphatic heterocycles. The van der Waals surface area contributed by atoms with Crippen LogP contribution >= 0.6 is 24.0 Å². The highest BCUT2D eigenvalue weighted by molar-refractivity contribution is 7.99. The maximum Gasteiger partial charge on any atom is 0.122 e. The number of anilines is 1. The molecular formula is C11H17N3S2. The average Bonchev–Trinajstić information content (AvgIpc) is 2.29. The van der Waals surface area contributed by atoms with Crippen LogP contribution in [0.3, 0.4) is 0 Å². The summed E-state index contributed by atoms with van der Waals surface area (Å²) in [6.07, 6.45) is 4.97. The van der Waals surface area contributed by atoms with Gasteiger partial charge >= 0.3 is 0 Å². The van der Waals surface area contributed by atoms with Crippen LogP contribution in [0.2, 0.25) is 0 Å². The molecule has 1 rings (SSSR count). The van der Waals surface area contributed by atoms with Gasteiger partial charge in [-0.1, -0.05) is 19.1 Å². The summed E-state index contributed by atoms with van der Waals surface area (Å²) in [4.78, 5) is 4.42. The molecule has 1 unspecified atom stereocenters. The van der Waals surface area contributed by atoms with E-state index in [0.717, 1.165) is 18.7 Å². The molecule has 1 atom stereocenters. The van der Waals surface area contributed by atoms with Crippen LogP contribution in [-0.4, -0.2) is 28.0 Å². The summed E-state index contributed by atoms with van der Waals surface area (Å²) in [5.41, 5.74) is 7.20. The first-order chi connectivity index (χ1) is 7.63. The van der Waals surface area contributed by atoms with Crippen LogP contribution in [0.5, 0.6) is 0 Å². The van der Waals surface area contributed by atoms with E-state index < -0.39 is 0 Å². The zero-order valence-electron chi connectivity index (χ0n) is 9.56. The minimum atomic E-state index is 0.334. The Hall–Kier alpha value is -0.810. The van der Waals surface area contributed by atoms with Crippen molar-refractivity contribution in [2.24, 2.45) is 5.73 Å². The van der Waals surface area contributed by atoms with Crippen LogP contribution in [0.1, 0.15) is 19.0 Å². The van der Waals surface area contributed by atoms with Gasteiger partial charge in [-0.25, -0.2) is 0 Å². The summed E-state index contributed by atoms with van der Waals surface area (Å²) < 4.78 is 0. The van der Waals surface area contributed by atoms with Crippen molar-refractivity contribution in [3.63, 3.8) is 0 Å². The quantitative estimate of drug-likeness (QED) is 0.764. The van der Waals surface area contributed by atoms with Crippen LogP contribution in [-0.2, 0) is 0 Å². The lowest BCUT2D eigenvalue weighted by molar-refractivity contribution is 0.853. The summed E-state index contributed by atoms with van der Waals surface area (Å²) in [5, 5.41) is 4.01. The second-order valence-corrected chi connectivity index (χ2v) is 5.27. The predicted molar refractivity (Wildman–Crippen MR) is 76.2 cm³/mol. The van der Waals surface area contributed by atoms with Crippen molar-refractivity contribution in [1.29, 1.82) is 0 Å². The van der Waals surface area contributed by atoms with E-state index in [-0.39, 0.29) is 0 Å². The molecule has 1 aromatic rings. The van der Waals surface area contributed by atoms with E-state index >= 15 is 0 Å². The Morgan fingerprint density at radius 2 is 2.44 bits per heavy atom. The number of rotatable bonds is 6. The van der Waals surface area contributed by atoms with Crippen molar-refractivity contribution < 1.29 is 0 Å². The summed E-state index contributed by atoms with van der Waals surface area (Å²) in [5.74, 6) is 0. The predicted octanol–water partition coefficient (Wildman–Crippen LogP) is 2.27. The van der Waals surface area contributed by atoms with Gasteiger partial charge in [0, 0.05) is 23.7 Å². The third-order valence-corrected chi connectivity index (χ3v) is 3.54. The Morgan fingerprint density at radius 1 is 1.69 bits per heavy atom. The van der Waals surface area contributed by atoms with Crippen molar-refractivity contribution in [3.05, 3.63) is 24.0 Å². The number of hydrogen-bond acceptors (Lipinski definition) is 4. The van der Waals surface area contributed by atoms with E-state index in [9.17, 15) is 0 Å². The van der Waals surface area contributed by atoms with Crippen LogP contribution in [0.15, 0.2) is 18.3 Å². The van der Waals surface area contributed by atoms with Crippen LogP contribution < -0.4 is 11.1 Å². The van der Waals surface area contributed by atoms with Gasteiger partial charge in [0.05, 0.1) is 5.69 Å². The van der Waals surface area contributed by atoms with Crippen molar-refractivity contribution in [2.75, 3.05) is 18.1 Å². The Morgan fingerprint density at radius 3 is 3.06 bits per heavy atom. The summed E-state index contributed by atoms with van der Waals surface area (Å²) in [7, 11) is 0. The van der Waals surface area contributed by atoms with Gasteiger partial charge in [-0.15, -0.1) is 0 Å². The lowest BCUT2D eigenvalue weighted by atomic mass is 10.3. The van der Waals surface area contributed by atoms with Crippen molar-refractivity contribution in [3.8, 4) is 0 Å². The molecule has 0 amide bonds.